The van der Waals surface area contributed by atoms with Gasteiger partial charge >= 0.3 is 0 Å². The molecule has 2 N–H and O–H groups in total. The largest absolute Gasteiger partial charge is 0.495 e. The van der Waals surface area contributed by atoms with Crippen molar-refractivity contribution in [1.82, 2.24) is 4.57 Å². The SMILES string of the molecule is COc1cc2c3c(n(C)c2cc1Cl)CCCC3CN. The highest BCUT2D eigenvalue weighted by Crippen LogP contribution is 2.41. The highest BCUT2D eigenvalue weighted by Gasteiger charge is 2.26. The Morgan fingerprint density at radius 2 is 2.26 bits per heavy atom. The summed E-state index contributed by atoms with van der Waals surface area (Å²) in [6.07, 6.45) is 3.51. The lowest BCUT2D eigenvalue weighted by Gasteiger charge is -2.22. The number of fused-ring (bicyclic) bond motifs is 3. The van der Waals surface area contributed by atoms with Gasteiger partial charge in [-0.2, -0.15) is 0 Å². The second-order valence-electron chi connectivity index (χ2n) is 5.25. The van der Waals surface area contributed by atoms with Crippen LogP contribution in [-0.4, -0.2) is 18.2 Å². The number of hydrogen-bond acceptors (Lipinski definition) is 2. The molecule has 1 aliphatic rings. The van der Waals surface area contributed by atoms with Gasteiger partial charge in [0.15, 0.2) is 0 Å². The van der Waals surface area contributed by atoms with Crippen LogP contribution in [0.5, 0.6) is 5.75 Å². The molecule has 3 nitrogen and oxygen atoms in total. The average molecular weight is 279 g/mol. The maximum atomic E-state index is 6.25. The smallest absolute Gasteiger partial charge is 0.138 e. The van der Waals surface area contributed by atoms with Gasteiger partial charge in [-0.15, -0.1) is 0 Å². The summed E-state index contributed by atoms with van der Waals surface area (Å²) < 4.78 is 7.61. The summed E-state index contributed by atoms with van der Waals surface area (Å²) >= 11 is 6.25. The topological polar surface area (TPSA) is 40.2 Å². The second-order valence-corrected chi connectivity index (χ2v) is 5.66. The third kappa shape index (κ3) is 1.84. The third-order valence-electron chi connectivity index (χ3n) is 4.30. The predicted octanol–water partition coefficient (Wildman–Crippen LogP) is 3.22. The highest BCUT2D eigenvalue weighted by atomic mass is 35.5. The molecule has 0 radical (unpaired) electrons. The van der Waals surface area contributed by atoms with Crippen molar-refractivity contribution in [2.45, 2.75) is 25.2 Å². The molecule has 1 aromatic heterocycles. The highest BCUT2D eigenvalue weighted by molar-refractivity contribution is 6.32. The van der Waals surface area contributed by atoms with Gasteiger partial charge in [-0.25, -0.2) is 0 Å². The molecule has 4 heteroatoms. The average Bonchev–Trinajstić information content (AvgIpc) is 2.71. The van der Waals surface area contributed by atoms with Crippen molar-refractivity contribution in [2.24, 2.45) is 12.8 Å². The van der Waals surface area contributed by atoms with E-state index in [1.165, 1.54) is 35.0 Å². The molecule has 1 unspecified atom stereocenters. The number of hydrogen-bond donors (Lipinski definition) is 1. The molecule has 19 heavy (non-hydrogen) atoms. The summed E-state index contributed by atoms with van der Waals surface area (Å²) in [4.78, 5) is 0. The zero-order valence-electron chi connectivity index (χ0n) is 11.4. The number of rotatable bonds is 2. The zero-order chi connectivity index (χ0) is 13.6. The van der Waals surface area contributed by atoms with Crippen LogP contribution in [0.3, 0.4) is 0 Å². The number of aryl methyl sites for hydroxylation is 1. The molecule has 0 spiro atoms. The van der Waals surface area contributed by atoms with Crippen LogP contribution in [-0.2, 0) is 13.5 Å². The lowest BCUT2D eigenvalue weighted by molar-refractivity contribution is 0.415. The summed E-state index contributed by atoms with van der Waals surface area (Å²) in [6.45, 7) is 0.705. The summed E-state index contributed by atoms with van der Waals surface area (Å²) in [5.74, 6) is 1.20. The van der Waals surface area contributed by atoms with Gasteiger partial charge < -0.3 is 15.0 Å². The lowest BCUT2D eigenvalue weighted by Crippen LogP contribution is -2.18. The van der Waals surface area contributed by atoms with Crippen molar-refractivity contribution in [3.63, 3.8) is 0 Å². The first-order valence-corrected chi connectivity index (χ1v) is 7.10. The van der Waals surface area contributed by atoms with Crippen molar-refractivity contribution >= 4 is 22.5 Å². The fraction of sp³-hybridized carbons (Fsp3) is 0.467. The molecule has 1 aliphatic carbocycles. The number of aromatic nitrogens is 1. The molecule has 0 fully saturated rings. The molecule has 0 saturated heterocycles. The molecule has 0 aliphatic heterocycles. The Morgan fingerprint density at radius 3 is 2.95 bits per heavy atom. The van der Waals surface area contributed by atoms with E-state index >= 15 is 0 Å². The van der Waals surface area contributed by atoms with Crippen LogP contribution in [0.4, 0.5) is 0 Å². The number of methoxy groups -OCH3 is 1. The van der Waals surface area contributed by atoms with E-state index in [0.717, 1.165) is 12.2 Å². The third-order valence-corrected chi connectivity index (χ3v) is 4.59. The van der Waals surface area contributed by atoms with E-state index in [0.29, 0.717) is 17.5 Å². The van der Waals surface area contributed by atoms with Crippen molar-refractivity contribution in [1.29, 1.82) is 0 Å². The lowest BCUT2D eigenvalue weighted by atomic mass is 9.85. The first kappa shape index (κ1) is 12.8. The van der Waals surface area contributed by atoms with E-state index in [2.05, 4.69) is 17.7 Å². The fourth-order valence-electron chi connectivity index (χ4n) is 3.33. The zero-order valence-corrected chi connectivity index (χ0v) is 12.1. The molecule has 1 heterocycles. The Labute approximate surface area is 118 Å². The van der Waals surface area contributed by atoms with E-state index < -0.39 is 0 Å². The quantitative estimate of drug-likeness (QED) is 0.916. The van der Waals surface area contributed by atoms with E-state index in [1.54, 1.807) is 7.11 Å². The molecular formula is C15H19ClN2O. The Morgan fingerprint density at radius 1 is 1.47 bits per heavy atom. The maximum Gasteiger partial charge on any atom is 0.138 e. The van der Waals surface area contributed by atoms with Gasteiger partial charge in [0.2, 0.25) is 0 Å². The van der Waals surface area contributed by atoms with Crippen LogP contribution < -0.4 is 10.5 Å². The van der Waals surface area contributed by atoms with Crippen LogP contribution >= 0.6 is 11.6 Å². The van der Waals surface area contributed by atoms with Crippen molar-refractivity contribution < 1.29 is 4.74 Å². The summed E-state index contributed by atoms with van der Waals surface area (Å²) in [6, 6.07) is 4.06. The number of nitrogens with two attached hydrogens (primary N) is 1. The van der Waals surface area contributed by atoms with Crippen LogP contribution in [0, 0.1) is 0 Å². The molecule has 0 bridgehead atoms. The fourth-order valence-corrected chi connectivity index (χ4v) is 3.56. The van der Waals surface area contributed by atoms with Gasteiger partial charge in [0, 0.05) is 18.1 Å². The molecule has 1 aromatic carbocycles. The van der Waals surface area contributed by atoms with Crippen LogP contribution in [0.1, 0.15) is 30.0 Å². The number of benzene rings is 1. The van der Waals surface area contributed by atoms with E-state index in [-0.39, 0.29) is 0 Å². The van der Waals surface area contributed by atoms with Crippen LogP contribution in [0.15, 0.2) is 12.1 Å². The minimum absolute atomic E-state index is 0.457. The van der Waals surface area contributed by atoms with Gasteiger partial charge in [-0.1, -0.05) is 11.6 Å². The Hall–Kier alpha value is -1.19. The first-order chi connectivity index (χ1) is 9.17. The molecule has 102 valence electrons. The van der Waals surface area contributed by atoms with E-state index in [4.69, 9.17) is 22.1 Å². The molecule has 3 rings (SSSR count). The van der Waals surface area contributed by atoms with Crippen LogP contribution in [0.25, 0.3) is 10.9 Å². The summed E-state index contributed by atoms with van der Waals surface area (Å²) in [5, 5.41) is 1.91. The van der Waals surface area contributed by atoms with E-state index in [9.17, 15) is 0 Å². The normalized spacial score (nSPS) is 18.6. The number of halogens is 1. The molecule has 0 saturated carbocycles. The number of ether oxygens (including phenoxy) is 1. The predicted molar refractivity (Wildman–Crippen MR) is 79.2 cm³/mol. The second kappa shape index (κ2) is 4.73. The molecule has 0 amide bonds. The molecule has 1 atom stereocenters. The van der Waals surface area contributed by atoms with Gasteiger partial charge in [0.25, 0.3) is 0 Å². The Bertz CT molecular complexity index is 633. The standard InChI is InChI=1S/C15H19ClN2O/c1-18-12-5-3-4-9(8-17)15(12)10-6-14(19-2)11(16)7-13(10)18/h6-7,9H,3-5,8,17H2,1-2H3. The van der Waals surface area contributed by atoms with Crippen LogP contribution in [0.2, 0.25) is 5.02 Å². The summed E-state index contributed by atoms with van der Waals surface area (Å²) in [5.41, 5.74) is 9.94. The Balaban J connectivity index is 2.33. The number of nitrogens with zero attached hydrogens (tertiary/aromatic N) is 1. The van der Waals surface area contributed by atoms with Crippen molar-refractivity contribution in [3.05, 3.63) is 28.4 Å². The van der Waals surface area contributed by atoms with Crippen molar-refractivity contribution in [3.8, 4) is 5.75 Å². The van der Waals surface area contributed by atoms with E-state index in [1.807, 2.05) is 6.07 Å². The monoisotopic (exact) mass is 278 g/mol. The summed E-state index contributed by atoms with van der Waals surface area (Å²) in [7, 11) is 3.77. The van der Waals surface area contributed by atoms with Gasteiger partial charge in [-0.3, -0.25) is 0 Å². The molecule has 2 aromatic rings. The van der Waals surface area contributed by atoms with Crippen molar-refractivity contribution in [2.75, 3.05) is 13.7 Å². The minimum Gasteiger partial charge on any atom is -0.495 e. The first-order valence-electron chi connectivity index (χ1n) is 6.72. The maximum absolute atomic E-state index is 6.25. The van der Waals surface area contributed by atoms with Gasteiger partial charge in [0.05, 0.1) is 17.6 Å². The van der Waals surface area contributed by atoms with Gasteiger partial charge in [0.1, 0.15) is 5.75 Å². The Kier molecular flexibility index (Phi) is 3.19. The molecular weight excluding hydrogens is 260 g/mol. The minimum atomic E-state index is 0.457. The van der Waals surface area contributed by atoms with Gasteiger partial charge in [-0.05, 0) is 49.4 Å².